The van der Waals surface area contributed by atoms with Gasteiger partial charge in [-0.25, -0.2) is 0 Å². The van der Waals surface area contributed by atoms with Crippen LogP contribution < -0.4 is 35.9 Å². The number of nitrogens with zero attached hydrogens (tertiary/aromatic N) is 2. The van der Waals surface area contributed by atoms with Gasteiger partial charge in [-0.1, -0.05) is 113 Å². The van der Waals surface area contributed by atoms with Gasteiger partial charge in [0.1, 0.15) is 18.8 Å². The van der Waals surface area contributed by atoms with E-state index in [-0.39, 0.29) is 28.4 Å². The molecule has 58 heavy (non-hydrogen) atoms. The molecule has 298 valence electrons. The summed E-state index contributed by atoms with van der Waals surface area (Å²) in [5, 5.41) is 1.12. The second-order valence-electron chi connectivity index (χ2n) is 21.1. The van der Waals surface area contributed by atoms with E-state index in [1.165, 1.54) is 50.2 Å². The molecule has 6 aromatic rings. The van der Waals surface area contributed by atoms with Gasteiger partial charge in [-0.3, -0.25) is 0 Å². The molecule has 0 amide bonds. The van der Waals surface area contributed by atoms with Crippen molar-refractivity contribution in [3.63, 3.8) is 0 Å². The van der Waals surface area contributed by atoms with Crippen LogP contribution in [0.5, 0.6) is 11.5 Å². The lowest BCUT2D eigenvalue weighted by Gasteiger charge is -2.44. The number of ether oxygens (including phenoxy) is 2. The first-order valence-electron chi connectivity index (χ1n) is 21.1. The summed E-state index contributed by atoms with van der Waals surface area (Å²) in [6.45, 7) is 33.0. The normalized spacial score (nSPS) is 15.1. The van der Waals surface area contributed by atoms with Crippen molar-refractivity contribution in [2.75, 3.05) is 23.0 Å². The average Bonchev–Trinajstić information content (AvgIpc) is 3.52. The van der Waals surface area contributed by atoms with Crippen LogP contribution in [0.25, 0.3) is 11.0 Å². The molecule has 5 nitrogen and oxygen atoms in total. The van der Waals surface area contributed by atoms with E-state index in [0.29, 0.717) is 13.2 Å². The molecule has 5 aromatic carbocycles. The maximum atomic E-state index is 7.31. The highest BCUT2D eigenvalue weighted by molar-refractivity contribution is 7.00. The van der Waals surface area contributed by atoms with Crippen LogP contribution in [0.2, 0.25) is 0 Å². The molecule has 0 saturated heterocycles. The van der Waals surface area contributed by atoms with Gasteiger partial charge in [-0.2, -0.15) is 0 Å². The number of hydrogen-bond acceptors (Lipinski definition) is 5. The maximum Gasteiger partial charge on any atom is 0.297 e. The molecule has 3 aliphatic rings. The summed E-state index contributed by atoms with van der Waals surface area (Å²) in [6.07, 6.45) is 0. The van der Waals surface area contributed by atoms with Crippen LogP contribution in [-0.4, -0.2) is 19.9 Å². The second kappa shape index (κ2) is 12.7. The SMILES string of the molecule is Cc1cc2c(c(C)c1N1c3cc(C(C)(C)C)cc4c3B(c3cc(C(C)(C)C)ccc3N4c3ccc(C(C)(C)C)cc3)c3oc4ccc(C(C)(C)C)cc4c31)OCCO2. The van der Waals surface area contributed by atoms with E-state index in [1.54, 1.807) is 0 Å². The summed E-state index contributed by atoms with van der Waals surface area (Å²) in [4.78, 5) is 5.05. The monoisotopic (exact) mass is 770 g/mol. The third kappa shape index (κ3) is 5.96. The van der Waals surface area contributed by atoms with Crippen LogP contribution in [-0.2, 0) is 21.7 Å². The Bertz CT molecular complexity index is 2640. The van der Waals surface area contributed by atoms with Gasteiger partial charge in [0.25, 0.3) is 6.71 Å². The van der Waals surface area contributed by atoms with Gasteiger partial charge in [0.2, 0.25) is 0 Å². The molecule has 9 rings (SSSR count). The molecule has 0 unspecified atom stereocenters. The van der Waals surface area contributed by atoms with Gasteiger partial charge in [0, 0.05) is 33.7 Å². The molecule has 0 aliphatic carbocycles. The van der Waals surface area contributed by atoms with Gasteiger partial charge in [-0.15, -0.1) is 0 Å². The van der Waals surface area contributed by atoms with Gasteiger partial charge in [0.15, 0.2) is 11.5 Å². The van der Waals surface area contributed by atoms with Crippen LogP contribution in [0.1, 0.15) is 116 Å². The molecule has 0 bridgehead atoms. The summed E-state index contributed by atoms with van der Waals surface area (Å²) < 4.78 is 19.9. The first-order valence-corrected chi connectivity index (χ1v) is 21.1. The van der Waals surface area contributed by atoms with E-state index < -0.39 is 0 Å². The summed E-state index contributed by atoms with van der Waals surface area (Å²) in [7, 11) is 0. The largest absolute Gasteiger partial charge is 0.486 e. The van der Waals surface area contributed by atoms with Gasteiger partial charge in [-0.05, 0) is 123 Å². The van der Waals surface area contributed by atoms with Crippen LogP contribution in [0.3, 0.4) is 0 Å². The fourth-order valence-corrected chi connectivity index (χ4v) is 9.32. The number of fused-ring (bicyclic) bond motifs is 7. The van der Waals surface area contributed by atoms with Crippen LogP contribution in [0, 0.1) is 13.8 Å². The zero-order valence-electron chi connectivity index (χ0n) is 37.1. The highest BCUT2D eigenvalue weighted by Gasteiger charge is 2.48. The van der Waals surface area contributed by atoms with Crippen molar-refractivity contribution in [2.24, 2.45) is 0 Å². The molecule has 0 radical (unpaired) electrons. The molecule has 0 fully saturated rings. The minimum atomic E-state index is -0.143. The molecule has 1 aromatic heterocycles. The predicted octanol–water partition coefficient (Wildman–Crippen LogP) is 12.1. The third-order valence-corrected chi connectivity index (χ3v) is 12.7. The predicted molar refractivity (Wildman–Crippen MR) is 245 cm³/mol. The van der Waals surface area contributed by atoms with Crippen LogP contribution in [0.15, 0.2) is 83.3 Å². The molecule has 6 heteroatoms. The van der Waals surface area contributed by atoms with Gasteiger partial charge in [0.05, 0.1) is 17.0 Å². The molecular formula is C52H59BN2O3. The lowest BCUT2D eigenvalue weighted by Crippen LogP contribution is -2.61. The topological polar surface area (TPSA) is 38.1 Å². The van der Waals surface area contributed by atoms with Crippen LogP contribution >= 0.6 is 0 Å². The van der Waals surface area contributed by atoms with Crippen molar-refractivity contribution in [1.29, 1.82) is 0 Å². The van der Waals surface area contributed by atoms with Crippen molar-refractivity contribution >= 4 is 68.4 Å². The average molecular weight is 771 g/mol. The number of rotatable bonds is 2. The second-order valence-corrected chi connectivity index (χ2v) is 21.1. The smallest absolute Gasteiger partial charge is 0.297 e. The van der Waals surface area contributed by atoms with E-state index in [9.17, 15) is 0 Å². The minimum absolute atomic E-state index is 0.0424. The van der Waals surface area contributed by atoms with Crippen molar-refractivity contribution < 1.29 is 13.9 Å². The number of benzene rings is 5. The van der Waals surface area contributed by atoms with Gasteiger partial charge < -0.3 is 23.7 Å². The fraction of sp³-hybridized carbons (Fsp3) is 0.385. The van der Waals surface area contributed by atoms with E-state index in [1.807, 2.05) is 0 Å². The zero-order chi connectivity index (χ0) is 41.4. The summed E-state index contributed by atoms with van der Waals surface area (Å²) in [6, 6.07) is 30.3. The molecule has 0 atom stereocenters. The lowest BCUT2D eigenvalue weighted by molar-refractivity contribution is 0.170. The molecule has 0 saturated carbocycles. The van der Waals surface area contributed by atoms with Gasteiger partial charge >= 0.3 is 0 Å². The van der Waals surface area contributed by atoms with E-state index in [4.69, 9.17) is 13.9 Å². The van der Waals surface area contributed by atoms with Crippen LogP contribution in [0.4, 0.5) is 34.1 Å². The first kappa shape index (κ1) is 38.4. The number of hydrogen-bond donors (Lipinski definition) is 0. The van der Waals surface area contributed by atoms with Crippen molar-refractivity contribution in [3.05, 3.63) is 112 Å². The summed E-state index contributed by atoms with van der Waals surface area (Å²) in [5.74, 6) is 1.63. The highest BCUT2D eigenvalue weighted by Crippen LogP contribution is 2.52. The molecule has 0 spiro atoms. The Labute approximate surface area is 346 Å². The number of anilines is 6. The molecule has 4 heterocycles. The lowest BCUT2D eigenvalue weighted by atomic mass is 9.35. The van der Waals surface area contributed by atoms with Crippen molar-refractivity contribution in [1.82, 2.24) is 0 Å². The standard InChI is InChI=1S/C52H59BN2O3/c1-30-25-43-47(57-24-23-56-43)31(2)45(30)55-41-29-35(52(12,13)14)28-40-44(41)53(48-46(55)37-26-33(50(6,7)8)18-22-42(37)58-48)38-27-34(51(9,10)11)17-21-39(38)54(40)36-19-15-32(16-20-36)49(3,4)5/h15-22,25-29H,23-24H2,1-14H3. The van der Waals surface area contributed by atoms with Crippen molar-refractivity contribution in [2.45, 2.75) is 119 Å². The Morgan fingerprint density at radius 3 is 1.74 bits per heavy atom. The van der Waals surface area contributed by atoms with Crippen molar-refractivity contribution in [3.8, 4) is 11.5 Å². The first-order chi connectivity index (χ1) is 27.1. The summed E-state index contributed by atoms with van der Waals surface area (Å²) in [5.41, 5.74) is 18.5. The molecule has 3 aliphatic heterocycles. The number of aryl methyl sites for hydroxylation is 1. The Balaban J connectivity index is 1.45. The van der Waals surface area contributed by atoms with E-state index in [2.05, 4.69) is 186 Å². The highest BCUT2D eigenvalue weighted by atomic mass is 16.6. The Hall–Kier alpha value is -5.10. The molecule has 0 N–H and O–H groups in total. The maximum absolute atomic E-state index is 7.31. The van der Waals surface area contributed by atoms with E-state index >= 15 is 0 Å². The fourth-order valence-electron chi connectivity index (χ4n) is 9.32. The summed E-state index contributed by atoms with van der Waals surface area (Å²) >= 11 is 0. The van der Waals surface area contributed by atoms with E-state index in [0.717, 1.165) is 56.3 Å². The quantitative estimate of drug-likeness (QED) is 0.164. The zero-order valence-corrected chi connectivity index (χ0v) is 37.1. The number of furan rings is 1. The Kier molecular flexibility index (Phi) is 8.41. The molecular weight excluding hydrogens is 711 g/mol. The third-order valence-electron chi connectivity index (χ3n) is 12.7. The Morgan fingerprint density at radius 2 is 1.10 bits per heavy atom. The minimum Gasteiger partial charge on any atom is -0.486 e. The Morgan fingerprint density at radius 1 is 0.534 bits per heavy atom.